The molecule has 76 valence electrons. The molecule has 0 saturated carbocycles. The molecule has 0 aliphatic carbocycles. The summed E-state index contributed by atoms with van der Waals surface area (Å²) in [7, 11) is 0. The van der Waals surface area contributed by atoms with Crippen molar-refractivity contribution < 1.29 is 14.3 Å². The Hall–Kier alpha value is -1.36. The van der Waals surface area contributed by atoms with Gasteiger partial charge in [-0.1, -0.05) is 0 Å². The largest absolute Gasteiger partial charge is 0.434 e. The number of amides is 1. The molecule has 0 bridgehead atoms. The smallest absolute Gasteiger partial charge is 0.327 e. The summed E-state index contributed by atoms with van der Waals surface area (Å²) in [5.74, 6) is -1.33. The number of rotatable bonds is 1. The predicted molar refractivity (Wildman–Crippen MR) is 48.2 cm³/mol. The fraction of sp³-hybridized carbons (Fsp3) is 0.556. The van der Waals surface area contributed by atoms with E-state index < -0.39 is 11.9 Å². The quantitative estimate of drug-likeness (QED) is 0.436. The van der Waals surface area contributed by atoms with Crippen molar-refractivity contribution in [3.8, 4) is 0 Å². The molecule has 0 aromatic rings. The van der Waals surface area contributed by atoms with Gasteiger partial charge in [0.15, 0.2) is 5.92 Å². The van der Waals surface area contributed by atoms with Gasteiger partial charge in [0.05, 0.1) is 6.26 Å². The van der Waals surface area contributed by atoms with Crippen LogP contribution in [0, 0.1) is 5.92 Å². The second kappa shape index (κ2) is 3.79. The highest BCUT2D eigenvalue weighted by Gasteiger charge is 2.33. The Morgan fingerprint density at radius 1 is 1.50 bits per heavy atom. The fourth-order valence-electron chi connectivity index (χ4n) is 1.60. The van der Waals surface area contributed by atoms with Crippen LogP contribution in [0.15, 0.2) is 12.3 Å². The normalized spacial score (nSPS) is 26.4. The molecule has 1 atom stereocenters. The molecule has 0 spiro atoms. The Morgan fingerprint density at radius 2 is 2.21 bits per heavy atom. The van der Waals surface area contributed by atoms with Gasteiger partial charge in [0, 0.05) is 26.2 Å². The van der Waals surface area contributed by atoms with Crippen LogP contribution < -0.4 is 5.32 Å². The monoisotopic (exact) mass is 196 g/mol. The number of hydrogen-bond acceptors (Lipinski definition) is 4. The third-order valence-electron chi connectivity index (χ3n) is 2.40. The molecular formula is C9H12N2O3. The molecule has 2 heterocycles. The molecule has 2 aliphatic heterocycles. The van der Waals surface area contributed by atoms with Gasteiger partial charge in [0.2, 0.25) is 5.91 Å². The summed E-state index contributed by atoms with van der Waals surface area (Å²) in [5.41, 5.74) is 0. The second-order valence-corrected chi connectivity index (χ2v) is 3.32. The van der Waals surface area contributed by atoms with E-state index in [2.05, 4.69) is 10.1 Å². The predicted octanol–water partition coefficient (Wildman–Crippen LogP) is -0.895. The first kappa shape index (κ1) is 9.21. The average molecular weight is 196 g/mol. The van der Waals surface area contributed by atoms with Crippen molar-refractivity contribution in [1.29, 1.82) is 0 Å². The molecule has 2 rings (SSSR count). The highest BCUT2D eigenvalue weighted by Crippen LogP contribution is 2.14. The minimum Gasteiger partial charge on any atom is -0.434 e. The zero-order chi connectivity index (χ0) is 9.97. The lowest BCUT2D eigenvalue weighted by Crippen LogP contribution is -2.49. The van der Waals surface area contributed by atoms with Gasteiger partial charge in [-0.2, -0.15) is 0 Å². The third kappa shape index (κ3) is 1.63. The Morgan fingerprint density at radius 3 is 2.79 bits per heavy atom. The summed E-state index contributed by atoms with van der Waals surface area (Å²) in [6, 6.07) is 0. The van der Waals surface area contributed by atoms with Crippen molar-refractivity contribution >= 4 is 11.9 Å². The van der Waals surface area contributed by atoms with E-state index in [9.17, 15) is 9.59 Å². The van der Waals surface area contributed by atoms with Crippen molar-refractivity contribution in [2.45, 2.75) is 0 Å². The molecule has 0 radical (unpaired) electrons. The average Bonchev–Trinajstić information content (AvgIpc) is 2.65. The minimum absolute atomic E-state index is 0.148. The van der Waals surface area contributed by atoms with Crippen molar-refractivity contribution in [3.05, 3.63) is 12.3 Å². The number of ether oxygens (including phenoxy) is 1. The Bertz CT molecular complexity index is 282. The van der Waals surface area contributed by atoms with Crippen LogP contribution in [0.25, 0.3) is 0 Å². The van der Waals surface area contributed by atoms with Gasteiger partial charge in [-0.15, -0.1) is 0 Å². The van der Waals surface area contributed by atoms with Crippen LogP contribution in [0.4, 0.5) is 0 Å². The van der Waals surface area contributed by atoms with Crippen molar-refractivity contribution in [2.75, 3.05) is 26.2 Å². The number of esters is 1. The molecule has 2 aliphatic rings. The summed E-state index contributed by atoms with van der Waals surface area (Å²) in [4.78, 5) is 24.6. The lowest BCUT2D eigenvalue weighted by molar-refractivity contribution is -0.147. The van der Waals surface area contributed by atoms with E-state index in [0.29, 0.717) is 13.1 Å². The van der Waals surface area contributed by atoms with E-state index in [1.807, 2.05) is 0 Å². The number of hydrogen-bond donors (Lipinski definition) is 1. The van der Waals surface area contributed by atoms with E-state index in [1.54, 1.807) is 4.90 Å². The molecule has 0 aromatic heterocycles. The Labute approximate surface area is 81.7 Å². The molecular weight excluding hydrogens is 184 g/mol. The molecule has 5 heteroatoms. The molecule has 14 heavy (non-hydrogen) atoms. The lowest BCUT2D eigenvalue weighted by atomic mass is 10.1. The molecule has 1 saturated heterocycles. The summed E-state index contributed by atoms with van der Waals surface area (Å²) < 4.78 is 4.59. The number of carbonyl (C=O) groups excluding carboxylic acids is 2. The zero-order valence-corrected chi connectivity index (χ0v) is 7.73. The maximum atomic E-state index is 11.8. The zero-order valence-electron chi connectivity index (χ0n) is 7.73. The maximum Gasteiger partial charge on any atom is 0.327 e. The van der Waals surface area contributed by atoms with Crippen LogP contribution in [0.5, 0.6) is 0 Å². The van der Waals surface area contributed by atoms with E-state index in [-0.39, 0.29) is 5.91 Å². The SMILES string of the molecule is O=C1OC=CC1C(=O)N1CCNCC1. The highest BCUT2D eigenvalue weighted by molar-refractivity contribution is 6.01. The topological polar surface area (TPSA) is 58.6 Å². The first-order valence-electron chi connectivity index (χ1n) is 4.66. The number of piperazine rings is 1. The highest BCUT2D eigenvalue weighted by atomic mass is 16.5. The van der Waals surface area contributed by atoms with Crippen LogP contribution in [0.2, 0.25) is 0 Å². The van der Waals surface area contributed by atoms with Crippen LogP contribution in [-0.2, 0) is 14.3 Å². The number of cyclic esters (lactones) is 1. The van der Waals surface area contributed by atoms with Gasteiger partial charge in [-0.25, -0.2) is 0 Å². The van der Waals surface area contributed by atoms with Crippen LogP contribution >= 0.6 is 0 Å². The van der Waals surface area contributed by atoms with Gasteiger partial charge >= 0.3 is 5.97 Å². The molecule has 1 amide bonds. The first-order chi connectivity index (χ1) is 6.79. The summed E-state index contributed by atoms with van der Waals surface area (Å²) in [5, 5.41) is 3.14. The molecule has 5 nitrogen and oxygen atoms in total. The van der Waals surface area contributed by atoms with Gasteiger partial charge < -0.3 is 15.0 Å². The number of nitrogens with one attached hydrogen (secondary N) is 1. The Kier molecular flexibility index (Phi) is 2.49. The summed E-state index contributed by atoms with van der Waals surface area (Å²) >= 11 is 0. The third-order valence-corrected chi connectivity index (χ3v) is 2.40. The summed E-state index contributed by atoms with van der Waals surface area (Å²) in [6.45, 7) is 2.90. The maximum absolute atomic E-state index is 11.8. The molecule has 1 unspecified atom stereocenters. The lowest BCUT2D eigenvalue weighted by Gasteiger charge is -2.28. The van der Waals surface area contributed by atoms with Crippen molar-refractivity contribution in [2.24, 2.45) is 5.92 Å². The van der Waals surface area contributed by atoms with Crippen LogP contribution in [-0.4, -0.2) is 43.0 Å². The minimum atomic E-state index is -0.715. The number of carbonyl (C=O) groups is 2. The Balaban J connectivity index is 1.99. The van der Waals surface area contributed by atoms with Gasteiger partial charge in [-0.05, 0) is 6.08 Å². The standard InChI is InChI=1S/C9H12N2O3/c12-8(7-1-6-14-9(7)13)11-4-2-10-3-5-11/h1,6-7,10H,2-5H2. The van der Waals surface area contributed by atoms with Crippen LogP contribution in [0.3, 0.4) is 0 Å². The van der Waals surface area contributed by atoms with Crippen LogP contribution in [0.1, 0.15) is 0 Å². The molecule has 1 fully saturated rings. The van der Waals surface area contributed by atoms with E-state index in [0.717, 1.165) is 13.1 Å². The van der Waals surface area contributed by atoms with Gasteiger partial charge in [-0.3, -0.25) is 9.59 Å². The van der Waals surface area contributed by atoms with Crippen molar-refractivity contribution in [3.63, 3.8) is 0 Å². The van der Waals surface area contributed by atoms with Gasteiger partial charge in [0.1, 0.15) is 0 Å². The van der Waals surface area contributed by atoms with E-state index >= 15 is 0 Å². The van der Waals surface area contributed by atoms with E-state index in [4.69, 9.17) is 0 Å². The molecule has 1 N–H and O–H groups in total. The first-order valence-corrected chi connectivity index (χ1v) is 4.66. The summed E-state index contributed by atoms with van der Waals surface area (Å²) in [6.07, 6.45) is 2.79. The molecule has 0 aromatic carbocycles. The van der Waals surface area contributed by atoms with Gasteiger partial charge in [0.25, 0.3) is 0 Å². The second-order valence-electron chi connectivity index (χ2n) is 3.32. The fourth-order valence-corrected chi connectivity index (χ4v) is 1.60. The van der Waals surface area contributed by atoms with E-state index in [1.165, 1.54) is 12.3 Å². The number of nitrogens with zero attached hydrogens (tertiary/aromatic N) is 1. The van der Waals surface area contributed by atoms with Crippen molar-refractivity contribution in [1.82, 2.24) is 10.2 Å².